The van der Waals surface area contributed by atoms with E-state index in [4.69, 9.17) is 5.11 Å². The monoisotopic (exact) mass is 245 g/mol. The highest BCUT2D eigenvalue weighted by molar-refractivity contribution is 5.79. The van der Waals surface area contributed by atoms with E-state index >= 15 is 0 Å². The molecule has 0 unspecified atom stereocenters. The van der Waals surface area contributed by atoms with Gasteiger partial charge in [-0.15, -0.1) is 0 Å². The molecule has 0 aromatic heterocycles. The van der Waals surface area contributed by atoms with Crippen LogP contribution >= 0.6 is 0 Å². The number of nitrogens with zero attached hydrogens (tertiary/aromatic N) is 3. The summed E-state index contributed by atoms with van der Waals surface area (Å²) in [4.78, 5) is 27.4. The van der Waals surface area contributed by atoms with Crippen LogP contribution in [0.2, 0.25) is 0 Å². The molecule has 100 valence electrons. The van der Waals surface area contributed by atoms with Gasteiger partial charge in [0.2, 0.25) is 0 Å². The van der Waals surface area contributed by atoms with Gasteiger partial charge >= 0.3 is 12.0 Å². The van der Waals surface area contributed by atoms with Crippen LogP contribution in [0.3, 0.4) is 0 Å². The molecule has 0 aliphatic rings. The summed E-state index contributed by atoms with van der Waals surface area (Å²) >= 11 is 0. The molecule has 0 spiro atoms. The van der Waals surface area contributed by atoms with Crippen molar-refractivity contribution >= 4 is 12.0 Å². The van der Waals surface area contributed by atoms with E-state index in [1.165, 1.54) is 4.90 Å². The van der Waals surface area contributed by atoms with Crippen molar-refractivity contribution in [3.63, 3.8) is 0 Å². The van der Waals surface area contributed by atoms with Crippen LogP contribution in [0.5, 0.6) is 0 Å². The average Bonchev–Trinajstić information content (AvgIpc) is 2.23. The molecule has 2 amide bonds. The Morgan fingerprint density at radius 1 is 1.12 bits per heavy atom. The van der Waals surface area contributed by atoms with Crippen LogP contribution in [0.15, 0.2) is 0 Å². The Morgan fingerprint density at radius 3 is 2.12 bits per heavy atom. The Kier molecular flexibility index (Phi) is 7.29. The lowest BCUT2D eigenvalue weighted by atomic mass is 10.4. The predicted molar refractivity (Wildman–Crippen MR) is 66.1 cm³/mol. The maximum Gasteiger partial charge on any atom is 0.323 e. The highest BCUT2D eigenvalue weighted by atomic mass is 16.4. The van der Waals surface area contributed by atoms with Gasteiger partial charge < -0.3 is 19.8 Å². The molecule has 0 rings (SSSR count). The molecule has 0 radical (unpaired) electrons. The molecule has 0 aromatic rings. The zero-order chi connectivity index (χ0) is 13.4. The van der Waals surface area contributed by atoms with Crippen molar-refractivity contribution < 1.29 is 14.7 Å². The van der Waals surface area contributed by atoms with Gasteiger partial charge in [0.15, 0.2) is 0 Å². The lowest BCUT2D eigenvalue weighted by molar-refractivity contribution is -0.137. The molecular formula is C11H23N3O3. The van der Waals surface area contributed by atoms with Crippen LogP contribution in [-0.4, -0.2) is 79.1 Å². The fraction of sp³-hybridized carbons (Fsp3) is 0.818. The molecule has 0 atom stereocenters. The minimum Gasteiger partial charge on any atom is -0.480 e. The summed E-state index contributed by atoms with van der Waals surface area (Å²) in [6, 6.07) is -0.228. The number of aliphatic carboxylic acids is 1. The van der Waals surface area contributed by atoms with Crippen LogP contribution < -0.4 is 0 Å². The first-order valence-corrected chi connectivity index (χ1v) is 5.75. The fourth-order valence-electron chi connectivity index (χ4n) is 1.44. The van der Waals surface area contributed by atoms with Crippen LogP contribution in [0.25, 0.3) is 0 Å². The molecule has 0 aliphatic heterocycles. The van der Waals surface area contributed by atoms with Crippen molar-refractivity contribution in [1.82, 2.24) is 14.7 Å². The second kappa shape index (κ2) is 7.89. The Bertz CT molecular complexity index is 256. The second-order valence-electron chi connectivity index (χ2n) is 4.27. The summed E-state index contributed by atoms with van der Waals surface area (Å²) in [6.07, 6.45) is 0.875. The predicted octanol–water partition coefficient (Wildman–Crippen LogP) is 0.396. The van der Waals surface area contributed by atoms with E-state index in [-0.39, 0.29) is 12.6 Å². The first kappa shape index (κ1) is 15.7. The van der Waals surface area contributed by atoms with Crippen molar-refractivity contribution in [2.75, 3.05) is 47.3 Å². The van der Waals surface area contributed by atoms with Crippen LogP contribution in [0, 0.1) is 0 Å². The minimum absolute atomic E-state index is 0.228. The van der Waals surface area contributed by atoms with Crippen molar-refractivity contribution in [2.24, 2.45) is 0 Å². The third kappa shape index (κ3) is 6.78. The zero-order valence-corrected chi connectivity index (χ0v) is 11.1. The van der Waals surface area contributed by atoms with Gasteiger partial charge in [-0.1, -0.05) is 0 Å². The van der Waals surface area contributed by atoms with E-state index in [0.717, 1.165) is 13.0 Å². The van der Waals surface area contributed by atoms with E-state index in [9.17, 15) is 9.59 Å². The Labute approximate surface area is 103 Å². The standard InChI is InChI=1S/C11H23N3O3/c1-5-14(9-10(15)16)11(17)13(4)8-6-7-12(2)3/h5-9H2,1-4H3,(H,15,16). The van der Waals surface area contributed by atoms with Crippen molar-refractivity contribution in [3.8, 4) is 0 Å². The van der Waals surface area contributed by atoms with E-state index in [1.54, 1.807) is 18.9 Å². The lowest BCUT2D eigenvalue weighted by Crippen LogP contribution is -2.44. The van der Waals surface area contributed by atoms with Gasteiger partial charge in [0.05, 0.1) is 0 Å². The third-order valence-electron chi connectivity index (χ3n) is 2.40. The molecule has 17 heavy (non-hydrogen) atoms. The maximum absolute atomic E-state index is 11.9. The number of urea groups is 1. The molecular weight excluding hydrogens is 222 g/mol. The molecule has 0 bridgehead atoms. The summed E-state index contributed by atoms with van der Waals surface area (Å²) in [5.74, 6) is -0.984. The highest BCUT2D eigenvalue weighted by Crippen LogP contribution is 1.98. The lowest BCUT2D eigenvalue weighted by Gasteiger charge is -2.26. The van der Waals surface area contributed by atoms with Crippen molar-refractivity contribution in [3.05, 3.63) is 0 Å². The third-order valence-corrected chi connectivity index (χ3v) is 2.40. The minimum atomic E-state index is -0.984. The summed E-state index contributed by atoms with van der Waals surface area (Å²) in [5, 5.41) is 8.68. The number of carboxylic acids is 1. The molecule has 0 saturated heterocycles. The van der Waals surface area contributed by atoms with Gasteiger partial charge in [-0.2, -0.15) is 0 Å². The van der Waals surface area contributed by atoms with E-state index in [1.807, 2.05) is 19.0 Å². The summed E-state index contributed by atoms with van der Waals surface area (Å²) in [7, 11) is 5.65. The van der Waals surface area contributed by atoms with Crippen LogP contribution in [0.4, 0.5) is 4.79 Å². The maximum atomic E-state index is 11.9. The molecule has 1 N–H and O–H groups in total. The number of amides is 2. The summed E-state index contributed by atoms with van der Waals surface area (Å²) < 4.78 is 0. The number of carboxylic acid groups (broad SMARTS) is 1. The number of hydrogen-bond acceptors (Lipinski definition) is 3. The normalized spacial score (nSPS) is 10.4. The largest absolute Gasteiger partial charge is 0.480 e. The van der Waals surface area contributed by atoms with E-state index < -0.39 is 5.97 Å². The summed E-state index contributed by atoms with van der Waals surface area (Å²) in [5.41, 5.74) is 0. The molecule has 0 fully saturated rings. The Hall–Kier alpha value is -1.30. The molecule has 0 saturated carbocycles. The molecule has 0 heterocycles. The fourth-order valence-corrected chi connectivity index (χ4v) is 1.44. The number of rotatable bonds is 7. The molecule has 6 heteroatoms. The van der Waals surface area contributed by atoms with Crippen LogP contribution in [0.1, 0.15) is 13.3 Å². The average molecular weight is 245 g/mol. The first-order valence-electron chi connectivity index (χ1n) is 5.75. The highest BCUT2D eigenvalue weighted by Gasteiger charge is 2.18. The number of carbonyl (C=O) groups excluding carboxylic acids is 1. The summed E-state index contributed by atoms with van der Waals surface area (Å²) in [6.45, 7) is 3.47. The second-order valence-corrected chi connectivity index (χ2v) is 4.27. The molecule has 6 nitrogen and oxygen atoms in total. The first-order chi connectivity index (χ1) is 7.88. The van der Waals surface area contributed by atoms with Crippen LogP contribution in [-0.2, 0) is 4.79 Å². The van der Waals surface area contributed by atoms with E-state index in [0.29, 0.717) is 13.1 Å². The number of carbonyl (C=O) groups is 2. The molecule has 0 aliphatic carbocycles. The molecule has 0 aromatic carbocycles. The quantitative estimate of drug-likeness (QED) is 0.705. The Morgan fingerprint density at radius 2 is 1.71 bits per heavy atom. The van der Waals surface area contributed by atoms with Crippen molar-refractivity contribution in [1.29, 1.82) is 0 Å². The van der Waals surface area contributed by atoms with Gasteiger partial charge in [0, 0.05) is 20.1 Å². The van der Waals surface area contributed by atoms with Gasteiger partial charge in [0.1, 0.15) is 6.54 Å². The Balaban J connectivity index is 4.12. The van der Waals surface area contributed by atoms with Gasteiger partial charge in [-0.25, -0.2) is 4.79 Å². The zero-order valence-electron chi connectivity index (χ0n) is 11.1. The SMILES string of the molecule is CCN(CC(=O)O)C(=O)N(C)CCCN(C)C. The number of hydrogen-bond donors (Lipinski definition) is 1. The van der Waals surface area contributed by atoms with Gasteiger partial charge in [0.25, 0.3) is 0 Å². The van der Waals surface area contributed by atoms with Gasteiger partial charge in [-0.3, -0.25) is 4.79 Å². The van der Waals surface area contributed by atoms with Crippen molar-refractivity contribution in [2.45, 2.75) is 13.3 Å². The number of likely N-dealkylation sites (N-methyl/N-ethyl adjacent to an activating group) is 1. The van der Waals surface area contributed by atoms with Gasteiger partial charge in [-0.05, 0) is 34.0 Å². The topological polar surface area (TPSA) is 64.1 Å². The smallest absolute Gasteiger partial charge is 0.323 e. The van der Waals surface area contributed by atoms with E-state index in [2.05, 4.69) is 0 Å².